The van der Waals surface area contributed by atoms with Gasteiger partial charge in [-0.2, -0.15) is 0 Å². The summed E-state index contributed by atoms with van der Waals surface area (Å²) in [7, 11) is 1.73. The summed E-state index contributed by atoms with van der Waals surface area (Å²) in [6.07, 6.45) is 1.44. The van der Waals surface area contributed by atoms with E-state index in [0.717, 1.165) is 11.3 Å². The minimum absolute atomic E-state index is 0.00243. The van der Waals surface area contributed by atoms with E-state index in [-0.39, 0.29) is 30.6 Å². The van der Waals surface area contributed by atoms with E-state index in [1.807, 2.05) is 24.3 Å². The van der Waals surface area contributed by atoms with Gasteiger partial charge < -0.3 is 9.80 Å². The maximum absolute atomic E-state index is 13.2. The van der Waals surface area contributed by atoms with Crippen molar-refractivity contribution in [3.63, 3.8) is 0 Å². The first-order valence-electron chi connectivity index (χ1n) is 8.90. The number of hydrogen-bond donors (Lipinski definition) is 0. The fourth-order valence-corrected chi connectivity index (χ4v) is 4.35. The van der Waals surface area contributed by atoms with Crippen LogP contribution in [0.2, 0.25) is 0 Å². The van der Waals surface area contributed by atoms with Crippen molar-refractivity contribution >= 4 is 17.5 Å². The van der Waals surface area contributed by atoms with E-state index < -0.39 is 17.8 Å². The largest absolute Gasteiger partial charge is 0.342 e. The summed E-state index contributed by atoms with van der Waals surface area (Å²) in [5.41, 5.74) is 1.66. The van der Waals surface area contributed by atoms with E-state index in [0.29, 0.717) is 25.9 Å². The van der Waals surface area contributed by atoms with Gasteiger partial charge in [0, 0.05) is 44.6 Å². The summed E-state index contributed by atoms with van der Waals surface area (Å²) in [5, 5.41) is 0. The van der Waals surface area contributed by atoms with Crippen LogP contribution in [0.1, 0.15) is 37.2 Å². The third-order valence-electron chi connectivity index (χ3n) is 6.02. The maximum Gasteiger partial charge on any atom is 0.251 e. The summed E-state index contributed by atoms with van der Waals surface area (Å²) in [5.74, 6) is -3.53. The van der Waals surface area contributed by atoms with Crippen LogP contribution in [-0.2, 0) is 9.59 Å². The van der Waals surface area contributed by atoms with Crippen molar-refractivity contribution in [3.05, 3.63) is 29.8 Å². The molecule has 6 heteroatoms. The number of likely N-dealkylation sites (tertiary alicyclic amines) is 1. The van der Waals surface area contributed by atoms with E-state index in [1.54, 1.807) is 16.8 Å². The van der Waals surface area contributed by atoms with Gasteiger partial charge in [0.2, 0.25) is 11.8 Å². The quantitative estimate of drug-likeness (QED) is 0.824. The number of hydrogen-bond acceptors (Lipinski definition) is 2. The molecule has 2 aliphatic heterocycles. The highest BCUT2D eigenvalue weighted by Gasteiger charge is 2.60. The average Bonchev–Trinajstić information content (AvgIpc) is 3.26. The second kappa shape index (κ2) is 5.78. The number of anilines is 1. The highest BCUT2D eigenvalue weighted by atomic mass is 19.3. The Hall–Kier alpha value is -1.98. The fraction of sp³-hybridized carbons (Fsp3) is 0.579. The number of fused-ring (bicyclic) bond motifs is 1. The van der Waals surface area contributed by atoms with Gasteiger partial charge in [0.1, 0.15) is 0 Å². The molecule has 0 spiro atoms. The lowest BCUT2D eigenvalue weighted by Gasteiger charge is -2.37. The van der Waals surface area contributed by atoms with Gasteiger partial charge in [-0.25, -0.2) is 8.78 Å². The molecule has 1 saturated heterocycles. The molecule has 0 bridgehead atoms. The number of alkyl halides is 2. The molecule has 0 N–H and O–H groups in total. The van der Waals surface area contributed by atoms with Crippen LogP contribution in [0.25, 0.3) is 0 Å². The molecule has 2 unspecified atom stereocenters. The van der Waals surface area contributed by atoms with Gasteiger partial charge in [-0.1, -0.05) is 18.2 Å². The Morgan fingerprint density at radius 1 is 1.20 bits per heavy atom. The summed E-state index contributed by atoms with van der Waals surface area (Å²) < 4.78 is 26.5. The molecule has 0 radical (unpaired) electrons. The third-order valence-corrected chi connectivity index (χ3v) is 6.02. The molecule has 1 aliphatic carbocycles. The first kappa shape index (κ1) is 16.5. The number of halogens is 2. The van der Waals surface area contributed by atoms with Gasteiger partial charge in [0.05, 0.1) is 5.92 Å². The highest BCUT2D eigenvalue weighted by Crippen LogP contribution is 2.55. The molecule has 134 valence electrons. The number of benzene rings is 1. The highest BCUT2D eigenvalue weighted by molar-refractivity contribution is 6.02. The second-order valence-corrected chi connectivity index (χ2v) is 7.50. The Labute approximate surface area is 145 Å². The lowest BCUT2D eigenvalue weighted by atomic mass is 9.86. The predicted molar refractivity (Wildman–Crippen MR) is 89.6 cm³/mol. The molecule has 4 rings (SSSR count). The minimum Gasteiger partial charge on any atom is -0.342 e. The average molecular weight is 348 g/mol. The van der Waals surface area contributed by atoms with Crippen LogP contribution < -0.4 is 4.90 Å². The smallest absolute Gasteiger partial charge is 0.251 e. The lowest BCUT2D eigenvalue weighted by molar-refractivity contribution is -0.136. The molecule has 2 heterocycles. The molecule has 2 atom stereocenters. The number of rotatable bonds is 2. The van der Waals surface area contributed by atoms with Crippen molar-refractivity contribution in [2.45, 2.75) is 37.5 Å². The molecule has 3 aliphatic rings. The summed E-state index contributed by atoms with van der Waals surface area (Å²) in [6.45, 7) is 1.03. The monoisotopic (exact) mass is 348 g/mol. The van der Waals surface area contributed by atoms with Crippen molar-refractivity contribution in [3.8, 4) is 0 Å². The number of piperidine rings is 1. The topological polar surface area (TPSA) is 40.6 Å². The molecular weight excluding hydrogens is 326 g/mol. The standard InChI is InChI=1S/C19H22F2N2O2/c1-22-16-5-3-2-4-13(16)14(10-17(22)24)18(25)23-8-6-12(7-9-23)15-11-19(15,20)21/h2-5,12,14-15H,6-11H2,1H3. The van der Waals surface area contributed by atoms with Crippen molar-refractivity contribution in [1.82, 2.24) is 4.90 Å². The Morgan fingerprint density at radius 2 is 1.84 bits per heavy atom. The van der Waals surface area contributed by atoms with E-state index in [9.17, 15) is 18.4 Å². The zero-order chi connectivity index (χ0) is 17.8. The SMILES string of the molecule is CN1C(=O)CC(C(=O)N2CCC(C3CC3(F)F)CC2)c2ccccc21. The van der Waals surface area contributed by atoms with Gasteiger partial charge in [-0.3, -0.25) is 9.59 Å². The first-order valence-corrected chi connectivity index (χ1v) is 8.90. The Morgan fingerprint density at radius 3 is 2.48 bits per heavy atom. The molecule has 1 saturated carbocycles. The zero-order valence-electron chi connectivity index (χ0n) is 14.3. The number of nitrogens with zero attached hydrogens (tertiary/aromatic N) is 2. The molecule has 1 aromatic carbocycles. The van der Waals surface area contributed by atoms with Gasteiger partial charge in [-0.15, -0.1) is 0 Å². The van der Waals surface area contributed by atoms with Crippen LogP contribution in [0.4, 0.5) is 14.5 Å². The molecule has 4 nitrogen and oxygen atoms in total. The van der Waals surface area contributed by atoms with Gasteiger partial charge in [0.15, 0.2) is 0 Å². The molecule has 2 fully saturated rings. The fourth-order valence-electron chi connectivity index (χ4n) is 4.35. The Kier molecular flexibility index (Phi) is 3.81. The van der Waals surface area contributed by atoms with Crippen molar-refractivity contribution in [1.29, 1.82) is 0 Å². The van der Waals surface area contributed by atoms with Gasteiger partial charge in [0.25, 0.3) is 5.92 Å². The third kappa shape index (κ3) is 2.81. The first-order chi connectivity index (χ1) is 11.9. The number of para-hydroxylation sites is 1. The minimum atomic E-state index is -2.49. The summed E-state index contributed by atoms with van der Waals surface area (Å²) in [6, 6.07) is 7.49. The van der Waals surface area contributed by atoms with Crippen LogP contribution in [0.3, 0.4) is 0 Å². The van der Waals surface area contributed by atoms with Crippen molar-refractivity contribution in [2.24, 2.45) is 11.8 Å². The predicted octanol–water partition coefficient (Wildman–Crippen LogP) is 3.03. The number of carbonyl (C=O) groups excluding carboxylic acids is 2. The van der Waals surface area contributed by atoms with Crippen molar-refractivity contribution < 1.29 is 18.4 Å². The lowest BCUT2D eigenvalue weighted by Crippen LogP contribution is -2.44. The van der Waals surface area contributed by atoms with Crippen LogP contribution in [0, 0.1) is 11.8 Å². The van der Waals surface area contributed by atoms with Gasteiger partial charge in [-0.05, 0) is 30.4 Å². The molecule has 0 aromatic heterocycles. The number of carbonyl (C=O) groups is 2. The van der Waals surface area contributed by atoms with Crippen LogP contribution in [0.5, 0.6) is 0 Å². The normalized spacial score (nSPS) is 28.7. The molecule has 2 amide bonds. The molecule has 1 aromatic rings. The zero-order valence-corrected chi connectivity index (χ0v) is 14.3. The summed E-state index contributed by atoms with van der Waals surface area (Å²) >= 11 is 0. The Bertz CT molecular complexity index is 713. The van der Waals surface area contributed by atoms with Crippen LogP contribution in [0.15, 0.2) is 24.3 Å². The van der Waals surface area contributed by atoms with Crippen LogP contribution >= 0.6 is 0 Å². The Balaban J connectivity index is 1.47. The molecule has 25 heavy (non-hydrogen) atoms. The summed E-state index contributed by atoms with van der Waals surface area (Å²) in [4.78, 5) is 28.6. The van der Waals surface area contributed by atoms with Crippen LogP contribution in [-0.4, -0.2) is 42.8 Å². The van der Waals surface area contributed by atoms with E-state index in [4.69, 9.17) is 0 Å². The molecular formula is C19H22F2N2O2. The van der Waals surface area contributed by atoms with E-state index in [2.05, 4.69) is 0 Å². The van der Waals surface area contributed by atoms with Crippen molar-refractivity contribution in [2.75, 3.05) is 25.0 Å². The second-order valence-electron chi connectivity index (χ2n) is 7.50. The number of amides is 2. The van der Waals surface area contributed by atoms with E-state index in [1.165, 1.54) is 0 Å². The maximum atomic E-state index is 13.2. The van der Waals surface area contributed by atoms with E-state index >= 15 is 0 Å². The van der Waals surface area contributed by atoms with Gasteiger partial charge >= 0.3 is 0 Å².